The van der Waals surface area contributed by atoms with E-state index in [9.17, 15) is 25.0 Å². The summed E-state index contributed by atoms with van der Waals surface area (Å²) in [7, 11) is 2.88. The number of nitriles is 1. The summed E-state index contributed by atoms with van der Waals surface area (Å²) >= 11 is 1.95. The highest BCUT2D eigenvalue weighted by Gasteiger charge is 2.21. The lowest BCUT2D eigenvalue weighted by atomic mass is 10.1. The maximum atomic E-state index is 12.8. The molecule has 0 radical (unpaired) electrons. The largest absolute Gasteiger partial charge is 0.497 e. The van der Waals surface area contributed by atoms with Crippen LogP contribution in [-0.2, 0) is 4.79 Å². The van der Waals surface area contributed by atoms with E-state index in [4.69, 9.17) is 18.9 Å². The number of nitrogens with zero attached hydrogens (tertiary/aromatic N) is 2. The number of carbonyl (C=O) groups is 2. The van der Waals surface area contributed by atoms with Crippen molar-refractivity contribution in [2.24, 2.45) is 0 Å². The first-order chi connectivity index (χ1) is 18.7. The predicted octanol–water partition coefficient (Wildman–Crippen LogP) is 5.38. The summed E-state index contributed by atoms with van der Waals surface area (Å²) in [5, 5.41) is 23.5. The van der Waals surface area contributed by atoms with Crippen molar-refractivity contribution in [2.45, 2.75) is 6.92 Å². The fourth-order valence-corrected chi connectivity index (χ4v) is 4.05. The molecule has 11 nitrogen and oxygen atoms in total. The van der Waals surface area contributed by atoms with Crippen LogP contribution in [0.3, 0.4) is 0 Å². The second-order valence-corrected chi connectivity index (χ2v) is 8.81. The van der Waals surface area contributed by atoms with Crippen LogP contribution in [-0.4, -0.2) is 37.6 Å². The fraction of sp³-hybridized carbons (Fsp3) is 0.148. The lowest BCUT2D eigenvalue weighted by Gasteiger charge is -2.14. The number of amides is 1. The Morgan fingerprint density at radius 3 is 2.33 bits per heavy atom. The zero-order valence-electron chi connectivity index (χ0n) is 21.0. The Kier molecular flexibility index (Phi) is 9.82. The molecule has 0 fully saturated rings. The minimum Gasteiger partial charge on any atom is -0.497 e. The van der Waals surface area contributed by atoms with Gasteiger partial charge in [0.15, 0.2) is 11.5 Å². The molecule has 3 aromatic carbocycles. The van der Waals surface area contributed by atoms with Crippen LogP contribution in [0.2, 0.25) is 0 Å². The van der Waals surface area contributed by atoms with Gasteiger partial charge in [0.05, 0.1) is 40.9 Å². The molecule has 0 saturated carbocycles. The zero-order valence-corrected chi connectivity index (χ0v) is 23.2. The van der Waals surface area contributed by atoms with Gasteiger partial charge in [-0.2, -0.15) is 5.26 Å². The Morgan fingerprint density at radius 2 is 1.74 bits per heavy atom. The summed E-state index contributed by atoms with van der Waals surface area (Å²) in [5.41, 5.74) is -0.105. The summed E-state index contributed by atoms with van der Waals surface area (Å²) in [6, 6.07) is 15.2. The molecule has 0 aliphatic rings. The first-order valence-electron chi connectivity index (χ1n) is 11.3. The van der Waals surface area contributed by atoms with Gasteiger partial charge in [-0.3, -0.25) is 14.9 Å². The van der Waals surface area contributed by atoms with Crippen molar-refractivity contribution in [3.05, 3.63) is 85.0 Å². The van der Waals surface area contributed by atoms with Gasteiger partial charge in [-0.25, -0.2) is 4.79 Å². The van der Waals surface area contributed by atoms with Crippen molar-refractivity contribution in [2.75, 3.05) is 26.1 Å². The molecule has 200 valence electrons. The van der Waals surface area contributed by atoms with Crippen molar-refractivity contribution >= 4 is 51.9 Å². The average Bonchev–Trinajstić information content (AvgIpc) is 2.93. The lowest BCUT2D eigenvalue weighted by molar-refractivity contribution is -0.384. The average molecular weight is 643 g/mol. The van der Waals surface area contributed by atoms with Crippen LogP contribution in [0.15, 0.2) is 60.2 Å². The predicted molar refractivity (Wildman–Crippen MR) is 150 cm³/mol. The maximum Gasteiger partial charge on any atom is 0.343 e. The molecule has 0 spiro atoms. The van der Waals surface area contributed by atoms with Crippen LogP contribution < -0.4 is 24.3 Å². The quantitative estimate of drug-likeness (QED) is 0.0584. The SMILES string of the molecule is CCOc1cc(/C=C(\C#N)C(=O)Nc2ccc(OC)cc2[N+](=O)[O-])cc(I)c1OC(=O)c1ccc(OC)cc1. The number of esters is 1. The number of halogens is 1. The van der Waals surface area contributed by atoms with E-state index in [-0.39, 0.29) is 35.1 Å². The highest BCUT2D eigenvalue weighted by atomic mass is 127. The first-order valence-corrected chi connectivity index (χ1v) is 12.4. The van der Waals surface area contributed by atoms with Crippen molar-refractivity contribution in [1.29, 1.82) is 5.26 Å². The third-order valence-corrected chi connectivity index (χ3v) is 5.98. The molecular formula is C27H22IN3O8. The normalized spacial score (nSPS) is 10.7. The zero-order chi connectivity index (χ0) is 28.5. The number of hydrogen-bond donors (Lipinski definition) is 1. The van der Waals surface area contributed by atoms with Gasteiger partial charge in [0.2, 0.25) is 0 Å². The molecule has 0 atom stereocenters. The second kappa shape index (κ2) is 13.2. The number of methoxy groups -OCH3 is 2. The molecule has 0 unspecified atom stereocenters. The molecule has 3 aromatic rings. The summed E-state index contributed by atoms with van der Waals surface area (Å²) < 4.78 is 21.8. The molecule has 0 aromatic heterocycles. The van der Waals surface area contributed by atoms with E-state index in [0.29, 0.717) is 20.4 Å². The van der Waals surface area contributed by atoms with Crippen molar-refractivity contribution in [3.8, 4) is 29.1 Å². The number of nitro benzene ring substituents is 1. The molecule has 1 N–H and O–H groups in total. The van der Waals surface area contributed by atoms with E-state index < -0.39 is 22.5 Å². The van der Waals surface area contributed by atoms with Crippen LogP contribution in [0, 0.1) is 25.0 Å². The summed E-state index contributed by atoms with van der Waals surface area (Å²) in [4.78, 5) is 36.3. The molecule has 0 bridgehead atoms. The Balaban J connectivity index is 1.90. The van der Waals surface area contributed by atoms with Crippen LogP contribution in [0.1, 0.15) is 22.8 Å². The topological polar surface area (TPSA) is 150 Å². The van der Waals surface area contributed by atoms with Gasteiger partial charge < -0.3 is 24.3 Å². The Morgan fingerprint density at radius 1 is 1.08 bits per heavy atom. The van der Waals surface area contributed by atoms with Gasteiger partial charge in [-0.05, 0) is 89.7 Å². The first kappa shape index (κ1) is 28.9. The monoisotopic (exact) mass is 643 g/mol. The maximum absolute atomic E-state index is 12.8. The van der Waals surface area contributed by atoms with Crippen LogP contribution in [0.4, 0.5) is 11.4 Å². The third kappa shape index (κ3) is 7.23. The third-order valence-electron chi connectivity index (χ3n) is 5.18. The highest BCUT2D eigenvalue weighted by Crippen LogP contribution is 2.36. The number of carbonyl (C=O) groups excluding carboxylic acids is 2. The smallest absolute Gasteiger partial charge is 0.343 e. The molecule has 0 aliphatic carbocycles. The summed E-state index contributed by atoms with van der Waals surface area (Å²) in [6.07, 6.45) is 1.30. The van der Waals surface area contributed by atoms with Gasteiger partial charge in [0.1, 0.15) is 28.8 Å². The lowest BCUT2D eigenvalue weighted by Crippen LogP contribution is -2.14. The van der Waals surface area contributed by atoms with Gasteiger partial charge in [-0.1, -0.05) is 0 Å². The van der Waals surface area contributed by atoms with Crippen molar-refractivity contribution in [1.82, 2.24) is 0 Å². The molecule has 39 heavy (non-hydrogen) atoms. The Hall–Kier alpha value is -4.64. The Labute approximate surface area is 237 Å². The molecule has 3 rings (SSSR count). The fourth-order valence-electron chi connectivity index (χ4n) is 3.31. The van der Waals surface area contributed by atoms with Gasteiger partial charge in [-0.15, -0.1) is 0 Å². The van der Waals surface area contributed by atoms with E-state index in [1.165, 1.54) is 38.5 Å². The van der Waals surface area contributed by atoms with Crippen LogP contribution >= 0.6 is 22.6 Å². The van der Waals surface area contributed by atoms with Crippen LogP contribution in [0.25, 0.3) is 6.08 Å². The van der Waals surface area contributed by atoms with E-state index in [1.807, 2.05) is 22.6 Å². The van der Waals surface area contributed by atoms with E-state index in [0.717, 1.165) is 6.07 Å². The number of nitro groups is 1. The number of anilines is 1. The number of benzene rings is 3. The van der Waals surface area contributed by atoms with E-state index in [2.05, 4.69) is 5.32 Å². The molecular weight excluding hydrogens is 621 g/mol. The number of nitrogens with one attached hydrogen (secondary N) is 1. The molecule has 0 heterocycles. The van der Waals surface area contributed by atoms with E-state index in [1.54, 1.807) is 43.3 Å². The Bertz CT molecular complexity index is 1480. The summed E-state index contributed by atoms with van der Waals surface area (Å²) in [6.45, 7) is 2.00. The molecule has 0 saturated heterocycles. The molecule has 0 aliphatic heterocycles. The van der Waals surface area contributed by atoms with Gasteiger partial charge >= 0.3 is 5.97 Å². The standard InChI is InChI=1S/C27H22IN3O8/c1-4-38-24-13-16(12-21(28)25(24)39-27(33)17-5-7-19(36-2)8-6-17)11-18(15-29)26(32)30-22-10-9-20(37-3)14-23(22)31(34)35/h5-14H,4H2,1-3H3,(H,30,32)/b18-11+. The van der Waals surface area contributed by atoms with Gasteiger partial charge in [0.25, 0.3) is 11.6 Å². The molecule has 12 heteroatoms. The van der Waals surface area contributed by atoms with E-state index >= 15 is 0 Å². The molecule has 1 amide bonds. The van der Waals surface area contributed by atoms with Crippen LogP contribution in [0.5, 0.6) is 23.0 Å². The van der Waals surface area contributed by atoms with Gasteiger partial charge in [0, 0.05) is 0 Å². The highest BCUT2D eigenvalue weighted by molar-refractivity contribution is 14.1. The minimum atomic E-state index is -0.853. The number of hydrogen-bond acceptors (Lipinski definition) is 9. The number of rotatable bonds is 10. The van der Waals surface area contributed by atoms with Crippen molar-refractivity contribution < 1.29 is 33.5 Å². The summed E-state index contributed by atoms with van der Waals surface area (Å²) in [5.74, 6) is -0.243. The number of ether oxygens (including phenoxy) is 4. The minimum absolute atomic E-state index is 0.0997. The van der Waals surface area contributed by atoms with Crippen molar-refractivity contribution in [3.63, 3.8) is 0 Å². The second-order valence-electron chi connectivity index (χ2n) is 7.65.